The Morgan fingerprint density at radius 1 is 1.10 bits per heavy atom. The smallest absolute Gasteiger partial charge is 0.140 e. The minimum Gasteiger partial charge on any atom is -0.389 e. The van der Waals surface area contributed by atoms with Gasteiger partial charge in [0.1, 0.15) is 11.6 Å². The summed E-state index contributed by atoms with van der Waals surface area (Å²) in [5, 5.41) is 12.7. The Labute approximate surface area is 186 Å². The van der Waals surface area contributed by atoms with Crippen LogP contribution >= 0.6 is 11.6 Å². The van der Waals surface area contributed by atoms with Crippen LogP contribution in [-0.2, 0) is 11.2 Å². The normalized spacial score (nSPS) is 27.5. The van der Waals surface area contributed by atoms with Crippen LogP contribution in [0.1, 0.15) is 49.1 Å². The average molecular weight is 438 g/mol. The summed E-state index contributed by atoms with van der Waals surface area (Å²) < 4.78 is 13.8. The maximum atomic E-state index is 13.8. The Hall–Kier alpha value is -2.30. The van der Waals surface area contributed by atoms with Crippen LogP contribution in [0.3, 0.4) is 0 Å². The van der Waals surface area contributed by atoms with Gasteiger partial charge in [0.15, 0.2) is 0 Å². The number of hydrogen-bond donors (Lipinski definition) is 1. The van der Waals surface area contributed by atoms with Gasteiger partial charge >= 0.3 is 0 Å². The molecule has 2 aliphatic rings. The first-order valence-electron chi connectivity index (χ1n) is 10.9. The Balaban J connectivity index is 1.25. The van der Waals surface area contributed by atoms with Crippen molar-refractivity contribution in [3.8, 4) is 0 Å². The molecule has 0 radical (unpaired) electrons. The quantitative estimate of drug-likeness (QED) is 0.543. The minimum atomic E-state index is -0.907. The van der Waals surface area contributed by atoms with Crippen molar-refractivity contribution in [2.24, 2.45) is 11.8 Å². The van der Waals surface area contributed by atoms with Crippen LogP contribution < -0.4 is 0 Å². The molecule has 31 heavy (non-hydrogen) atoms. The van der Waals surface area contributed by atoms with Crippen molar-refractivity contribution in [1.82, 2.24) is 4.98 Å². The van der Waals surface area contributed by atoms with E-state index in [1.807, 2.05) is 18.2 Å². The van der Waals surface area contributed by atoms with Crippen molar-refractivity contribution in [3.05, 3.63) is 76.7 Å². The molecule has 2 aromatic carbocycles. The van der Waals surface area contributed by atoms with Crippen molar-refractivity contribution in [2.45, 2.75) is 50.0 Å². The zero-order valence-electron chi connectivity index (χ0n) is 17.2. The fraction of sp³-hybridized carbons (Fsp3) is 0.385. The second-order valence-corrected chi connectivity index (χ2v) is 9.84. The fourth-order valence-electron chi connectivity index (χ4n) is 5.92. The van der Waals surface area contributed by atoms with Gasteiger partial charge in [0.05, 0.1) is 11.1 Å². The van der Waals surface area contributed by atoms with Crippen molar-refractivity contribution < 1.29 is 14.3 Å². The van der Waals surface area contributed by atoms with Gasteiger partial charge in [-0.1, -0.05) is 23.7 Å². The van der Waals surface area contributed by atoms with E-state index >= 15 is 0 Å². The van der Waals surface area contributed by atoms with Crippen molar-refractivity contribution in [3.63, 3.8) is 0 Å². The Morgan fingerprint density at radius 3 is 2.52 bits per heavy atom. The van der Waals surface area contributed by atoms with Gasteiger partial charge < -0.3 is 5.11 Å². The van der Waals surface area contributed by atoms with E-state index in [0.29, 0.717) is 42.0 Å². The lowest BCUT2D eigenvalue weighted by molar-refractivity contribution is -0.123. The summed E-state index contributed by atoms with van der Waals surface area (Å²) in [5.41, 5.74) is 1.99. The molecule has 3 nitrogen and oxygen atoms in total. The van der Waals surface area contributed by atoms with Crippen LogP contribution in [0.25, 0.3) is 10.9 Å². The number of Topliss-reactive ketones (excluding diaryl/α,β-unsaturated/α-hetero) is 1. The summed E-state index contributed by atoms with van der Waals surface area (Å²) >= 11 is 5.91. The summed E-state index contributed by atoms with van der Waals surface area (Å²) in [4.78, 5) is 17.0. The van der Waals surface area contributed by atoms with Crippen molar-refractivity contribution in [1.29, 1.82) is 0 Å². The molecule has 0 spiro atoms. The largest absolute Gasteiger partial charge is 0.389 e. The number of rotatable bonds is 5. The number of halogens is 2. The van der Waals surface area contributed by atoms with E-state index in [9.17, 15) is 14.3 Å². The van der Waals surface area contributed by atoms with Gasteiger partial charge in [-0.3, -0.25) is 9.78 Å². The van der Waals surface area contributed by atoms with Gasteiger partial charge in [-0.25, -0.2) is 4.39 Å². The van der Waals surface area contributed by atoms with Crippen LogP contribution in [0.2, 0.25) is 5.02 Å². The van der Waals surface area contributed by atoms with Gasteiger partial charge in [0, 0.05) is 29.4 Å². The molecule has 0 saturated heterocycles. The highest BCUT2D eigenvalue weighted by atomic mass is 35.5. The van der Waals surface area contributed by atoms with E-state index < -0.39 is 5.60 Å². The summed E-state index contributed by atoms with van der Waals surface area (Å²) in [7, 11) is 0. The highest BCUT2D eigenvalue weighted by Crippen LogP contribution is 2.55. The lowest BCUT2D eigenvalue weighted by Gasteiger charge is -2.24. The number of carbonyl (C=O) groups excluding carboxylic acids is 1. The molecule has 0 bridgehead atoms. The van der Waals surface area contributed by atoms with E-state index in [4.69, 9.17) is 11.6 Å². The SMILES string of the molecule is O=C(Cc1ccc(Cl)cc1)CC1(O)C[C@H]2CC(c3ccnc4ccc(F)cc34)C[C@H]2C1. The molecule has 5 heteroatoms. The molecule has 0 amide bonds. The molecule has 1 heterocycles. The number of aliphatic hydroxyl groups is 1. The van der Waals surface area contributed by atoms with Crippen LogP contribution in [0, 0.1) is 17.7 Å². The van der Waals surface area contributed by atoms with Gasteiger partial charge in [-0.05, 0) is 91.0 Å². The highest BCUT2D eigenvalue weighted by Gasteiger charge is 2.49. The maximum Gasteiger partial charge on any atom is 0.140 e. The molecular formula is C26H25ClFNO2. The average Bonchev–Trinajstić information content (AvgIpc) is 3.23. The molecule has 4 atom stereocenters. The number of pyridine rings is 1. The molecule has 0 aliphatic heterocycles. The molecule has 160 valence electrons. The fourth-order valence-corrected chi connectivity index (χ4v) is 6.05. The van der Waals surface area contributed by atoms with E-state index in [1.54, 1.807) is 30.5 Å². The molecule has 2 unspecified atom stereocenters. The van der Waals surface area contributed by atoms with Gasteiger partial charge in [0.2, 0.25) is 0 Å². The molecule has 2 saturated carbocycles. The molecule has 1 N–H and O–H groups in total. The zero-order chi connectivity index (χ0) is 21.6. The molecule has 2 aliphatic carbocycles. The van der Waals surface area contributed by atoms with Crippen molar-refractivity contribution in [2.75, 3.05) is 0 Å². The molecule has 5 rings (SSSR count). The van der Waals surface area contributed by atoms with Crippen molar-refractivity contribution >= 4 is 28.3 Å². The Kier molecular flexibility index (Phi) is 5.31. The summed E-state index contributed by atoms with van der Waals surface area (Å²) in [6, 6.07) is 14.1. The molecule has 3 aromatic rings. The van der Waals surface area contributed by atoms with Crippen LogP contribution in [0.5, 0.6) is 0 Å². The maximum absolute atomic E-state index is 13.8. The first-order chi connectivity index (χ1) is 14.9. The number of hydrogen-bond acceptors (Lipinski definition) is 3. The number of ketones is 1. The van der Waals surface area contributed by atoms with Gasteiger partial charge in [-0.2, -0.15) is 0 Å². The highest BCUT2D eigenvalue weighted by molar-refractivity contribution is 6.30. The zero-order valence-corrected chi connectivity index (χ0v) is 18.0. The van der Waals surface area contributed by atoms with Crippen LogP contribution in [-0.4, -0.2) is 21.5 Å². The predicted octanol–water partition coefficient (Wildman–Crippen LogP) is 5.86. The first kappa shape index (κ1) is 20.6. The van der Waals surface area contributed by atoms with Crippen LogP contribution in [0.4, 0.5) is 4.39 Å². The third-order valence-corrected chi connectivity index (χ3v) is 7.40. The lowest BCUT2D eigenvalue weighted by atomic mass is 9.86. The van der Waals surface area contributed by atoms with Gasteiger partial charge in [0.25, 0.3) is 0 Å². The van der Waals surface area contributed by atoms with E-state index in [-0.39, 0.29) is 18.0 Å². The number of nitrogens with zero attached hydrogens (tertiary/aromatic N) is 1. The van der Waals surface area contributed by atoms with Crippen LogP contribution in [0.15, 0.2) is 54.7 Å². The second kappa shape index (κ2) is 7.99. The third kappa shape index (κ3) is 4.24. The topological polar surface area (TPSA) is 50.2 Å². The monoisotopic (exact) mass is 437 g/mol. The van der Waals surface area contributed by atoms with E-state index in [0.717, 1.165) is 34.9 Å². The first-order valence-corrected chi connectivity index (χ1v) is 11.3. The van der Waals surface area contributed by atoms with Gasteiger partial charge in [-0.15, -0.1) is 0 Å². The Bertz CT molecular complexity index is 1120. The molecular weight excluding hydrogens is 413 g/mol. The van der Waals surface area contributed by atoms with E-state index in [2.05, 4.69) is 4.98 Å². The third-order valence-electron chi connectivity index (χ3n) is 7.14. The summed E-state index contributed by atoms with van der Waals surface area (Å²) in [6.45, 7) is 0. The molecule has 2 fully saturated rings. The lowest BCUT2D eigenvalue weighted by Crippen LogP contribution is -2.30. The standard InChI is InChI=1S/C26H25ClFNO2/c27-20-3-1-16(2-4-20)9-22(30)15-26(31)13-18-10-17(11-19(18)14-26)23-7-8-29-25-6-5-21(28)12-24(23)25/h1-8,12,17-19,31H,9-11,13-15H2/t17?,18-,19+,26?. The summed E-state index contributed by atoms with van der Waals surface area (Å²) in [5.74, 6) is 0.965. The number of aromatic nitrogens is 1. The van der Waals surface area contributed by atoms with E-state index in [1.165, 1.54) is 6.07 Å². The number of benzene rings is 2. The number of carbonyl (C=O) groups is 1. The minimum absolute atomic E-state index is 0.0666. The molecule has 1 aromatic heterocycles. The summed E-state index contributed by atoms with van der Waals surface area (Å²) in [6.07, 6.45) is 5.59. The second-order valence-electron chi connectivity index (χ2n) is 9.40. The Morgan fingerprint density at radius 2 is 1.81 bits per heavy atom. The predicted molar refractivity (Wildman–Crippen MR) is 120 cm³/mol. The number of fused-ring (bicyclic) bond motifs is 2.